The van der Waals surface area contributed by atoms with Crippen molar-refractivity contribution < 1.29 is 4.79 Å². The zero-order chi connectivity index (χ0) is 12.3. The molecular weight excluding hydrogens is 212 g/mol. The SMILES string of the molecule is CN1CCC(c2ccccc2C(=O)CCN)C1. The molecule has 1 aromatic carbocycles. The molecule has 2 N–H and O–H groups in total. The molecule has 0 aliphatic carbocycles. The molecule has 1 unspecified atom stereocenters. The van der Waals surface area contributed by atoms with Gasteiger partial charge < -0.3 is 10.6 Å². The van der Waals surface area contributed by atoms with Crippen LogP contribution in [0.25, 0.3) is 0 Å². The van der Waals surface area contributed by atoms with Crippen LogP contribution >= 0.6 is 0 Å². The van der Waals surface area contributed by atoms with Gasteiger partial charge in [-0.3, -0.25) is 4.79 Å². The molecule has 0 aromatic heterocycles. The highest BCUT2D eigenvalue weighted by atomic mass is 16.1. The first-order valence-electron chi connectivity index (χ1n) is 6.23. The molecule has 0 saturated carbocycles. The van der Waals surface area contributed by atoms with Crippen LogP contribution in [0.1, 0.15) is 34.7 Å². The fraction of sp³-hybridized carbons (Fsp3) is 0.500. The Hall–Kier alpha value is -1.19. The smallest absolute Gasteiger partial charge is 0.164 e. The molecule has 0 amide bonds. The number of likely N-dealkylation sites (tertiary alicyclic amines) is 1. The van der Waals surface area contributed by atoms with Crippen molar-refractivity contribution in [3.8, 4) is 0 Å². The quantitative estimate of drug-likeness (QED) is 0.803. The van der Waals surface area contributed by atoms with Gasteiger partial charge in [-0.1, -0.05) is 24.3 Å². The molecule has 1 aliphatic rings. The maximum atomic E-state index is 12.0. The van der Waals surface area contributed by atoms with Gasteiger partial charge in [0.1, 0.15) is 0 Å². The molecule has 1 heterocycles. The number of hydrogen-bond acceptors (Lipinski definition) is 3. The van der Waals surface area contributed by atoms with Gasteiger partial charge in [-0.15, -0.1) is 0 Å². The van der Waals surface area contributed by atoms with E-state index in [4.69, 9.17) is 5.73 Å². The van der Waals surface area contributed by atoms with Crippen LogP contribution in [0.2, 0.25) is 0 Å². The molecule has 0 bridgehead atoms. The van der Waals surface area contributed by atoms with Crippen LogP contribution in [0, 0.1) is 0 Å². The Bertz CT molecular complexity index is 403. The van der Waals surface area contributed by atoms with Gasteiger partial charge in [-0.2, -0.15) is 0 Å². The topological polar surface area (TPSA) is 46.3 Å². The highest BCUT2D eigenvalue weighted by molar-refractivity contribution is 5.97. The molecule has 0 radical (unpaired) electrons. The minimum atomic E-state index is 0.178. The Morgan fingerprint density at radius 3 is 2.88 bits per heavy atom. The Morgan fingerprint density at radius 2 is 2.24 bits per heavy atom. The van der Waals surface area contributed by atoms with E-state index in [2.05, 4.69) is 18.0 Å². The van der Waals surface area contributed by atoms with Crippen molar-refractivity contribution >= 4 is 5.78 Å². The highest BCUT2D eigenvalue weighted by Crippen LogP contribution is 2.29. The number of hydrogen-bond donors (Lipinski definition) is 1. The number of nitrogens with zero attached hydrogens (tertiary/aromatic N) is 1. The summed E-state index contributed by atoms with van der Waals surface area (Å²) in [7, 11) is 2.13. The number of likely N-dealkylation sites (N-methyl/N-ethyl adjacent to an activating group) is 1. The number of Topliss-reactive ketones (excluding diaryl/α,β-unsaturated/α-hetero) is 1. The summed E-state index contributed by atoms with van der Waals surface area (Å²) in [6, 6.07) is 7.98. The predicted molar refractivity (Wildman–Crippen MR) is 69.3 cm³/mol. The van der Waals surface area contributed by atoms with E-state index in [0.717, 1.165) is 25.1 Å². The maximum Gasteiger partial charge on any atom is 0.164 e. The number of carbonyl (C=O) groups is 1. The lowest BCUT2D eigenvalue weighted by molar-refractivity contribution is 0.0984. The molecule has 2 rings (SSSR count). The first-order valence-corrected chi connectivity index (χ1v) is 6.23. The second kappa shape index (κ2) is 5.43. The average molecular weight is 232 g/mol. The number of ketones is 1. The molecule has 17 heavy (non-hydrogen) atoms. The summed E-state index contributed by atoms with van der Waals surface area (Å²) in [6.07, 6.45) is 1.59. The van der Waals surface area contributed by atoms with Crippen molar-refractivity contribution in [2.45, 2.75) is 18.8 Å². The van der Waals surface area contributed by atoms with Crippen LogP contribution in [0.3, 0.4) is 0 Å². The molecule has 3 nitrogen and oxygen atoms in total. The summed E-state index contributed by atoms with van der Waals surface area (Å²) in [6.45, 7) is 2.59. The molecule has 1 fully saturated rings. The lowest BCUT2D eigenvalue weighted by Gasteiger charge is -2.14. The van der Waals surface area contributed by atoms with Crippen LogP contribution < -0.4 is 5.73 Å². The lowest BCUT2D eigenvalue weighted by Crippen LogP contribution is -2.15. The van der Waals surface area contributed by atoms with Crippen LogP contribution in [0.15, 0.2) is 24.3 Å². The van der Waals surface area contributed by atoms with E-state index in [-0.39, 0.29) is 5.78 Å². The largest absolute Gasteiger partial charge is 0.330 e. The molecule has 1 aromatic rings. The molecule has 1 saturated heterocycles. The number of carbonyl (C=O) groups excluding carboxylic acids is 1. The Labute approximate surface area is 103 Å². The standard InChI is InChI=1S/C14H20N2O/c1-16-9-7-11(10-16)12-4-2-3-5-13(12)14(17)6-8-15/h2-5,11H,6-10,15H2,1H3. The van der Waals surface area contributed by atoms with Gasteiger partial charge in [0.05, 0.1) is 0 Å². The number of rotatable bonds is 4. The third kappa shape index (κ3) is 2.73. The summed E-state index contributed by atoms with van der Waals surface area (Å²) in [5.74, 6) is 0.676. The van der Waals surface area contributed by atoms with Gasteiger partial charge in [0.15, 0.2) is 5.78 Å². The second-order valence-corrected chi connectivity index (χ2v) is 4.80. The molecule has 1 atom stereocenters. The Balaban J connectivity index is 2.24. The van der Waals surface area contributed by atoms with Crippen LogP contribution in [0.4, 0.5) is 0 Å². The van der Waals surface area contributed by atoms with Crippen molar-refractivity contribution in [3.05, 3.63) is 35.4 Å². The van der Waals surface area contributed by atoms with Crippen LogP contribution in [0.5, 0.6) is 0 Å². The second-order valence-electron chi connectivity index (χ2n) is 4.80. The van der Waals surface area contributed by atoms with Crippen LogP contribution in [-0.4, -0.2) is 37.4 Å². The van der Waals surface area contributed by atoms with Crippen LogP contribution in [-0.2, 0) is 0 Å². The summed E-state index contributed by atoms with van der Waals surface area (Å²) < 4.78 is 0. The van der Waals surface area contributed by atoms with Gasteiger partial charge in [-0.25, -0.2) is 0 Å². The van der Waals surface area contributed by atoms with Gasteiger partial charge in [0, 0.05) is 18.5 Å². The van der Waals surface area contributed by atoms with Crippen molar-refractivity contribution in [2.24, 2.45) is 5.73 Å². The van der Waals surface area contributed by atoms with Crippen molar-refractivity contribution in [1.29, 1.82) is 0 Å². The van der Waals surface area contributed by atoms with Gasteiger partial charge in [-0.05, 0) is 38.0 Å². The highest BCUT2D eigenvalue weighted by Gasteiger charge is 2.24. The third-order valence-electron chi connectivity index (χ3n) is 3.46. The molecule has 1 aliphatic heterocycles. The predicted octanol–water partition coefficient (Wildman–Crippen LogP) is 1.64. The summed E-state index contributed by atoms with van der Waals surface area (Å²) in [5.41, 5.74) is 7.54. The number of nitrogens with two attached hydrogens (primary N) is 1. The first-order chi connectivity index (χ1) is 8.22. The normalized spacial score (nSPS) is 20.7. The van der Waals surface area contributed by atoms with E-state index in [1.54, 1.807) is 0 Å². The fourth-order valence-electron chi connectivity index (χ4n) is 2.56. The van der Waals surface area contributed by atoms with E-state index in [1.165, 1.54) is 5.56 Å². The van der Waals surface area contributed by atoms with Crippen molar-refractivity contribution in [3.63, 3.8) is 0 Å². The third-order valence-corrected chi connectivity index (χ3v) is 3.46. The van der Waals surface area contributed by atoms with Gasteiger partial charge in [0.2, 0.25) is 0 Å². The van der Waals surface area contributed by atoms with Gasteiger partial charge >= 0.3 is 0 Å². The average Bonchev–Trinajstić information content (AvgIpc) is 2.76. The minimum Gasteiger partial charge on any atom is -0.330 e. The fourth-order valence-corrected chi connectivity index (χ4v) is 2.56. The van der Waals surface area contributed by atoms with E-state index in [0.29, 0.717) is 18.9 Å². The number of benzene rings is 1. The summed E-state index contributed by atoms with van der Waals surface area (Å²) in [5, 5.41) is 0. The lowest BCUT2D eigenvalue weighted by atomic mass is 9.91. The Kier molecular flexibility index (Phi) is 3.92. The Morgan fingerprint density at radius 1 is 1.47 bits per heavy atom. The summed E-state index contributed by atoms with van der Waals surface area (Å²) in [4.78, 5) is 14.3. The molecule has 3 heteroatoms. The monoisotopic (exact) mass is 232 g/mol. The minimum absolute atomic E-state index is 0.178. The zero-order valence-electron chi connectivity index (χ0n) is 10.4. The van der Waals surface area contributed by atoms with E-state index in [9.17, 15) is 4.79 Å². The van der Waals surface area contributed by atoms with E-state index in [1.807, 2.05) is 18.2 Å². The van der Waals surface area contributed by atoms with Crippen molar-refractivity contribution in [1.82, 2.24) is 4.90 Å². The summed E-state index contributed by atoms with van der Waals surface area (Å²) >= 11 is 0. The van der Waals surface area contributed by atoms with Crippen molar-refractivity contribution in [2.75, 3.05) is 26.7 Å². The molecular formula is C14H20N2O. The molecule has 0 spiro atoms. The zero-order valence-corrected chi connectivity index (χ0v) is 10.4. The molecule has 92 valence electrons. The maximum absolute atomic E-state index is 12.0. The van der Waals surface area contributed by atoms with E-state index < -0.39 is 0 Å². The first kappa shape index (κ1) is 12.3. The van der Waals surface area contributed by atoms with Gasteiger partial charge in [0.25, 0.3) is 0 Å². The van der Waals surface area contributed by atoms with E-state index >= 15 is 0 Å².